The van der Waals surface area contributed by atoms with E-state index in [1.54, 1.807) is 34.8 Å². The number of nitrogens with zero attached hydrogens (tertiary/aromatic N) is 4. The van der Waals surface area contributed by atoms with E-state index in [-0.39, 0.29) is 5.82 Å². The Morgan fingerprint density at radius 3 is 2.92 bits per heavy atom. The lowest BCUT2D eigenvalue weighted by Crippen LogP contribution is -2.04. The minimum absolute atomic E-state index is 0.301. The molecule has 0 bridgehead atoms. The van der Waals surface area contributed by atoms with Crippen molar-refractivity contribution in [3.05, 3.63) is 40.9 Å². The van der Waals surface area contributed by atoms with Crippen LogP contribution in [0.4, 0.5) is 10.2 Å². The van der Waals surface area contributed by atoms with Gasteiger partial charge in [0.15, 0.2) is 16.6 Å². The molecule has 0 aliphatic carbocycles. The van der Waals surface area contributed by atoms with Crippen molar-refractivity contribution < 1.29 is 4.39 Å². The summed E-state index contributed by atoms with van der Waals surface area (Å²) < 4.78 is 15.8. The third kappa shape index (κ3) is 3.62. The van der Waals surface area contributed by atoms with Gasteiger partial charge in [0, 0.05) is 16.3 Å². The van der Waals surface area contributed by atoms with Crippen LogP contribution in [-0.2, 0) is 6.54 Å². The lowest BCUT2D eigenvalue weighted by Gasteiger charge is -2.07. The van der Waals surface area contributed by atoms with Gasteiger partial charge in [0.05, 0.1) is 12.9 Å². The molecule has 2 N–H and O–H groups in total. The van der Waals surface area contributed by atoms with Gasteiger partial charge >= 0.3 is 0 Å². The number of fused-ring (bicyclic) bond motifs is 1. The van der Waals surface area contributed by atoms with Crippen molar-refractivity contribution in [2.45, 2.75) is 31.5 Å². The first-order valence-electron chi connectivity index (χ1n) is 7.63. The number of nitrogen functional groups attached to an aromatic ring is 1. The van der Waals surface area contributed by atoms with Gasteiger partial charge in [-0.1, -0.05) is 42.8 Å². The fraction of sp³-hybridized carbons (Fsp3) is 0.312. The number of unbranched alkanes of at least 4 members (excludes halogenated alkanes) is 1. The Labute approximate surface area is 148 Å². The van der Waals surface area contributed by atoms with Crippen molar-refractivity contribution in [2.75, 3.05) is 11.5 Å². The number of rotatable bonds is 6. The average molecular weight is 366 g/mol. The molecule has 0 unspecified atom stereocenters. The average Bonchev–Trinajstić information content (AvgIpc) is 2.94. The topological polar surface area (TPSA) is 69.6 Å². The summed E-state index contributed by atoms with van der Waals surface area (Å²) in [6.45, 7) is 2.43. The molecule has 24 heavy (non-hydrogen) atoms. The van der Waals surface area contributed by atoms with Crippen LogP contribution in [0, 0.1) is 5.82 Å². The minimum Gasteiger partial charge on any atom is -0.382 e. The van der Waals surface area contributed by atoms with Gasteiger partial charge in [-0.25, -0.2) is 19.3 Å². The van der Waals surface area contributed by atoms with Crippen molar-refractivity contribution >= 4 is 40.3 Å². The fourth-order valence-electron chi connectivity index (χ4n) is 2.27. The van der Waals surface area contributed by atoms with E-state index in [0.717, 1.165) is 18.6 Å². The number of hydrogen-bond donors (Lipinski definition) is 1. The molecule has 0 aliphatic rings. The molecule has 0 amide bonds. The summed E-state index contributed by atoms with van der Waals surface area (Å²) in [5.41, 5.74) is 7.64. The minimum atomic E-state index is -0.357. The van der Waals surface area contributed by atoms with E-state index in [1.807, 2.05) is 0 Å². The second-order valence-electron chi connectivity index (χ2n) is 5.37. The van der Waals surface area contributed by atoms with E-state index in [2.05, 4.69) is 21.9 Å². The summed E-state index contributed by atoms with van der Waals surface area (Å²) in [7, 11) is 0. The van der Waals surface area contributed by atoms with Gasteiger partial charge in [-0.3, -0.25) is 0 Å². The van der Waals surface area contributed by atoms with Crippen LogP contribution >= 0.6 is 23.4 Å². The molecule has 2 heterocycles. The maximum absolute atomic E-state index is 14.0. The molecule has 0 atom stereocenters. The predicted octanol–water partition coefficient (Wildman–Crippen LogP) is 4.14. The smallest absolute Gasteiger partial charge is 0.191 e. The molecular formula is C16H17ClFN5S. The molecule has 0 saturated carbocycles. The van der Waals surface area contributed by atoms with Crippen molar-refractivity contribution in [1.82, 2.24) is 19.5 Å². The Bertz CT molecular complexity index is 867. The first kappa shape index (κ1) is 17.0. The zero-order valence-corrected chi connectivity index (χ0v) is 14.7. The molecule has 0 spiro atoms. The highest BCUT2D eigenvalue weighted by Gasteiger charge is 2.13. The predicted molar refractivity (Wildman–Crippen MR) is 95.9 cm³/mol. The lowest BCUT2D eigenvalue weighted by atomic mass is 10.2. The van der Waals surface area contributed by atoms with Gasteiger partial charge in [-0.05, 0) is 18.6 Å². The second kappa shape index (κ2) is 7.36. The van der Waals surface area contributed by atoms with E-state index >= 15 is 0 Å². The van der Waals surface area contributed by atoms with Gasteiger partial charge in [0.25, 0.3) is 0 Å². The Morgan fingerprint density at radius 2 is 2.17 bits per heavy atom. The SMILES string of the molecule is CCCCSc1nc(N)c2ncn(Cc3ccc(Cl)cc3F)c2n1. The van der Waals surface area contributed by atoms with Gasteiger partial charge in [-0.15, -0.1) is 0 Å². The molecule has 8 heteroatoms. The van der Waals surface area contributed by atoms with Crippen molar-refractivity contribution in [3.8, 4) is 0 Å². The molecule has 5 nitrogen and oxygen atoms in total. The van der Waals surface area contributed by atoms with E-state index < -0.39 is 0 Å². The Morgan fingerprint density at radius 1 is 1.33 bits per heavy atom. The van der Waals surface area contributed by atoms with E-state index in [4.69, 9.17) is 17.3 Å². The van der Waals surface area contributed by atoms with Crippen molar-refractivity contribution in [3.63, 3.8) is 0 Å². The Balaban J connectivity index is 1.93. The summed E-state index contributed by atoms with van der Waals surface area (Å²) >= 11 is 7.36. The van der Waals surface area contributed by atoms with Crippen molar-refractivity contribution in [1.29, 1.82) is 0 Å². The standard InChI is InChI=1S/C16H17ClFN5S/c1-2-3-6-24-16-21-14(19)13-15(22-16)23(9-20-13)8-10-4-5-11(17)7-12(10)18/h4-5,7,9H,2-3,6,8H2,1H3,(H2,19,21,22). The van der Waals surface area contributed by atoms with Gasteiger partial charge in [0.2, 0.25) is 0 Å². The highest BCUT2D eigenvalue weighted by molar-refractivity contribution is 7.99. The van der Waals surface area contributed by atoms with Crippen LogP contribution in [0.1, 0.15) is 25.3 Å². The molecule has 3 aromatic rings. The number of benzene rings is 1. The maximum Gasteiger partial charge on any atom is 0.191 e. The van der Waals surface area contributed by atoms with Crippen LogP contribution in [0.15, 0.2) is 29.7 Å². The highest BCUT2D eigenvalue weighted by Crippen LogP contribution is 2.23. The van der Waals surface area contributed by atoms with Gasteiger partial charge < -0.3 is 10.3 Å². The zero-order chi connectivity index (χ0) is 17.1. The van der Waals surface area contributed by atoms with E-state index in [0.29, 0.717) is 39.3 Å². The zero-order valence-electron chi connectivity index (χ0n) is 13.2. The highest BCUT2D eigenvalue weighted by atomic mass is 35.5. The van der Waals surface area contributed by atoms with Crippen LogP contribution in [0.25, 0.3) is 11.2 Å². The molecule has 2 aromatic heterocycles. The number of nitrogens with two attached hydrogens (primary N) is 1. The summed E-state index contributed by atoms with van der Waals surface area (Å²) in [5.74, 6) is 0.916. The number of imidazole rings is 1. The number of anilines is 1. The summed E-state index contributed by atoms with van der Waals surface area (Å²) in [6, 6.07) is 4.62. The maximum atomic E-state index is 14.0. The quantitative estimate of drug-likeness (QED) is 0.404. The first-order chi connectivity index (χ1) is 11.6. The number of aromatic nitrogens is 4. The second-order valence-corrected chi connectivity index (χ2v) is 6.87. The third-order valence-corrected chi connectivity index (χ3v) is 4.72. The Kier molecular flexibility index (Phi) is 5.20. The van der Waals surface area contributed by atoms with E-state index in [9.17, 15) is 4.39 Å². The van der Waals surface area contributed by atoms with Crippen molar-refractivity contribution in [2.24, 2.45) is 0 Å². The fourth-order valence-corrected chi connectivity index (χ4v) is 3.36. The molecule has 0 fully saturated rings. The number of thioether (sulfide) groups is 1. The third-order valence-electron chi connectivity index (χ3n) is 3.56. The Hall–Kier alpha value is -1.86. The molecule has 0 radical (unpaired) electrons. The molecule has 126 valence electrons. The molecule has 1 aromatic carbocycles. The molecule has 0 saturated heterocycles. The summed E-state index contributed by atoms with van der Waals surface area (Å²) in [6.07, 6.45) is 3.80. The first-order valence-corrected chi connectivity index (χ1v) is 9.00. The monoisotopic (exact) mass is 365 g/mol. The number of halogens is 2. The van der Waals surface area contributed by atoms with Crippen LogP contribution in [0.3, 0.4) is 0 Å². The van der Waals surface area contributed by atoms with Gasteiger partial charge in [-0.2, -0.15) is 0 Å². The lowest BCUT2D eigenvalue weighted by molar-refractivity contribution is 0.601. The van der Waals surface area contributed by atoms with Crippen LogP contribution in [-0.4, -0.2) is 25.3 Å². The van der Waals surface area contributed by atoms with Crippen LogP contribution in [0.5, 0.6) is 0 Å². The molecular weight excluding hydrogens is 349 g/mol. The number of hydrogen-bond acceptors (Lipinski definition) is 5. The molecule has 0 aliphatic heterocycles. The van der Waals surface area contributed by atoms with Crippen LogP contribution in [0.2, 0.25) is 5.02 Å². The summed E-state index contributed by atoms with van der Waals surface area (Å²) in [5, 5.41) is 0.986. The molecule has 3 rings (SSSR count). The van der Waals surface area contributed by atoms with E-state index in [1.165, 1.54) is 6.07 Å². The summed E-state index contributed by atoms with van der Waals surface area (Å²) in [4.78, 5) is 13.1. The van der Waals surface area contributed by atoms with Gasteiger partial charge in [0.1, 0.15) is 11.3 Å². The van der Waals surface area contributed by atoms with Crippen LogP contribution < -0.4 is 5.73 Å². The largest absolute Gasteiger partial charge is 0.382 e. The normalized spacial score (nSPS) is 11.3.